The van der Waals surface area contributed by atoms with Gasteiger partial charge in [-0.05, 0) is 51.5 Å². The second kappa shape index (κ2) is 8.97. The number of carbonyl (C=O) groups excluding carboxylic acids is 1. The Morgan fingerprint density at radius 3 is 2.48 bits per heavy atom. The first-order chi connectivity index (χ1) is 12.0. The molecule has 5 heteroatoms. The summed E-state index contributed by atoms with van der Waals surface area (Å²) in [6, 6.07) is 11.5. The fourth-order valence-corrected chi connectivity index (χ4v) is 2.51. The van der Waals surface area contributed by atoms with Crippen molar-refractivity contribution in [3.63, 3.8) is 0 Å². The van der Waals surface area contributed by atoms with Gasteiger partial charge < -0.3 is 14.2 Å². The number of rotatable bonds is 7. The molecule has 0 aliphatic rings. The van der Waals surface area contributed by atoms with E-state index in [1.807, 2.05) is 45.0 Å². The SMILES string of the molecule is CCOC(=O)Nc1cccc(OCC)c1COc1ccc(C)cc1C. The molecule has 0 saturated carbocycles. The topological polar surface area (TPSA) is 56.8 Å². The Labute approximate surface area is 148 Å². The summed E-state index contributed by atoms with van der Waals surface area (Å²) in [4.78, 5) is 11.8. The summed E-state index contributed by atoms with van der Waals surface area (Å²) >= 11 is 0. The average Bonchev–Trinajstić information content (AvgIpc) is 2.56. The lowest BCUT2D eigenvalue weighted by Gasteiger charge is -2.17. The van der Waals surface area contributed by atoms with Crippen LogP contribution in [0.15, 0.2) is 36.4 Å². The summed E-state index contributed by atoms with van der Waals surface area (Å²) in [5.74, 6) is 1.49. The van der Waals surface area contributed by atoms with Gasteiger partial charge in [0.2, 0.25) is 0 Å². The molecule has 1 amide bonds. The number of nitrogens with one attached hydrogen (secondary N) is 1. The second-order valence-electron chi connectivity index (χ2n) is 5.62. The van der Waals surface area contributed by atoms with Gasteiger partial charge in [0.05, 0.1) is 24.5 Å². The van der Waals surface area contributed by atoms with Crippen LogP contribution in [-0.2, 0) is 11.3 Å². The summed E-state index contributed by atoms with van der Waals surface area (Å²) in [5.41, 5.74) is 3.64. The van der Waals surface area contributed by atoms with Crippen molar-refractivity contribution in [1.82, 2.24) is 0 Å². The molecule has 0 aromatic heterocycles. The molecule has 0 heterocycles. The Balaban J connectivity index is 2.24. The fourth-order valence-electron chi connectivity index (χ4n) is 2.51. The summed E-state index contributed by atoms with van der Waals surface area (Å²) in [6.45, 7) is 8.85. The minimum Gasteiger partial charge on any atom is -0.493 e. The van der Waals surface area contributed by atoms with Gasteiger partial charge in [0.15, 0.2) is 0 Å². The van der Waals surface area contributed by atoms with Crippen molar-refractivity contribution in [3.05, 3.63) is 53.1 Å². The zero-order chi connectivity index (χ0) is 18.2. The van der Waals surface area contributed by atoms with E-state index in [2.05, 4.69) is 11.4 Å². The summed E-state index contributed by atoms with van der Waals surface area (Å²) in [5, 5.41) is 2.75. The van der Waals surface area contributed by atoms with Crippen LogP contribution in [0.25, 0.3) is 0 Å². The third-order valence-electron chi connectivity index (χ3n) is 3.65. The Morgan fingerprint density at radius 2 is 1.80 bits per heavy atom. The van der Waals surface area contributed by atoms with Gasteiger partial charge in [-0.25, -0.2) is 4.79 Å². The smallest absolute Gasteiger partial charge is 0.411 e. The number of hydrogen-bond donors (Lipinski definition) is 1. The standard InChI is InChI=1S/C20H25NO4/c1-5-23-19-9-7-8-17(21-20(22)24-6-2)16(19)13-25-18-11-10-14(3)12-15(18)4/h7-12H,5-6,13H2,1-4H3,(H,21,22). The number of hydrogen-bond acceptors (Lipinski definition) is 4. The molecule has 0 saturated heterocycles. The van der Waals surface area contributed by atoms with E-state index >= 15 is 0 Å². The average molecular weight is 343 g/mol. The summed E-state index contributed by atoms with van der Waals surface area (Å²) < 4.78 is 16.6. The zero-order valence-corrected chi connectivity index (χ0v) is 15.2. The molecule has 25 heavy (non-hydrogen) atoms. The van der Waals surface area contributed by atoms with Crippen molar-refractivity contribution in [1.29, 1.82) is 0 Å². The molecule has 0 fully saturated rings. The highest BCUT2D eigenvalue weighted by atomic mass is 16.5. The molecular formula is C20H25NO4. The van der Waals surface area contributed by atoms with Crippen LogP contribution in [0.2, 0.25) is 0 Å². The number of benzene rings is 2. The van der Waals surface area contributed by atoms with E-state index in [1.165, 1.54) is 5.56 Å². The van der Waals surface area contributed by atoms with Gasteiger partial charge in [0.1, 0.15) is 18.1 Å². The first-order valence-electron chi connectivity index (χ1n) is 8.43. The maximum absolute atomic E-state index is 11.8. The van der Waals surface area contributed by atoms with Gasteiger partial charge in [-0.15, -0.1) is 0 Å². The molecule has 134 valence electrons. The Hall–Kier alpha value is -2.69. The van der Waals surface area contributed by atoms with E-state index in [0.29, 0.717) is 24.7 Å². The maximum atomic E-state index is 11.8. The predicted molar refractivity (Wildman–Crippen MR) is 98.5 cm³/mol. The lowest BCUT2D eigenvalue weighted by molar-refractivity contribution is 0.168. The maximum Gasteiger partial charge on any atom is 0.411 e. The number of carbonyl (C=O) groups is 1. The first kappa shape index (κ1) is 18.6. The molecule has 0 atom stereocenters. The van der Waals surface area contributed by atoms with Crippen molar-refractivity contribution >= 4 is 11.8 Å². The van der Waals surface area contributed by atoms with E-state index in [0.717, 1.165) is 16.9 Å². The summed E-state index contributed by atoms with van der Waals surface area (Å²) in [6.07, 6.45) is -0.496. The molecule has 2 rings (SSSR count). The van der Waals surface area contributed by atoms with Crippen LogP contribution < -0.4 is 14.8 Å². The first-order valence-corrected chi connectivity index (χ1v) is 8.43. The van der Waals surface area contributed by atoms with Crippen molar-refractivity contribution in [2.45, 2.75) is 34.3 Å². The third kappa shape index (κ3) is 5.14. The van der Waals surface area contributed by atoms with E-state index < -0.39 is 6.09 Å². The zero-order valence-electron chi connectivity index (χ0n) is 15.2. The fraction of sp³-hybridized carbons (Fsp3) is 0.350. The van der Waals surface area contributed by atoms with Crippen LogP contribution in [0, 0.1) is 13.8 Å². The molecule has 5 nitrogen and oxygen atoms in total. The van der Waals surface area contributed by atoms with Crippen LogP contribution in [0.4, 0.5) is 10.5 Å². The second-order valence-corrected chi connectivity index (χ2v) is 5.62. The quantitative estimate of drug-likeness (QED) is 0.781. The third-order valence-corrected chi connectivity index (χ3v) is 3.65. The lowest BCUT2D eigenvalue weighted by atomic mass is 10.1. The van der Waals surface area contributed by atoms with E-state index in [4.69, 9.17) is 14.2 Å². The van der Waals surface area contributed by atoms with Gasteiger partial charge in [0.25, 0.3) is 0 Å². The van der Waals surface area contributed by atoms with E-state index in [9.17, 15) is 4.79 Å². The number of amides is 1. The Morgan fingerprint density at radius 1 is 1.00 bits per heavy atom. The molecule has 2 aromatic carbocycles. The van der Waals surface area contributed by atoms with E-state index in [-0.39, 0.29) is 6.61 Å². The molecule has 0 spiro atoms. The number of aryl methyl sites for hydroxylation is 2. The normalized spacial score (nSPS) is 10.2. The minimum absolute atomic E-state index is 0.280. The van der Waals surface area contributed by atoms with Gasteiger partial charge in [-0.3, -0.25) is 5.32 Å². The molecular weight excluding hydrogens is 318 g/mol. The predicted octanol–water partition coefficient (Wildman–Crippen LogP) is 4.85. The highest BCUT2D eigenvalue weighted by molar-refractivity contribution is 5.86. The number of ether oxygens (including phenoxy) is 3. The van der Waals surface area contributed by atoms with Crippen LogP contribution in [0.3, 0.4) is 0 Å². The van der Waals surface area contributed by atoms with Crippen molar-refractivity contribution < 1.29 is 19.0 Å². The Bertz CT molecular complexity index is 728. The highest BCUT2D eigenvalue weighted by Crippen LogP contribution is 2.29. The Kier molecular flexibility index (Phi) is 6.69. The molecule has 0 aliphatic heterocycles. The van der Waals surface area contributed by atoms with Crippen molar-refractivity contribution in [2.24, 2.45) is 0 Å². The van der Waals surface area contributed by atoms with Gasteiger partial charge in [-0.2, -0.15) is 0 Å². The van der Waals surface area contributed by atoms with Crippen molar-refractivity contribution in [3.8, 4) is 11.5 Å². The highest BCUT2D eigenvalue weighted by Gasteiger charge is 2.14. The molecule has 1 N–H and O–H groups in total. The van der Waals surface area contributed by atoms with Crippen LogP contribution in [-0.4, -0.2) is 19.3 Å². The molecule has 2 aromatic rings. The molecule has 0 unspecified atom stereocenters. The largest absolute Gasteiger partial charge is 0.493 e. The lowest BCUT2D eigenvalue weighted by Crippen LogP contribution is -2.15. The van der Waals surface area contributed by atoms with Crippen LogP contribution >= 0.6 is 0 Å². The monoisotopic (exact) mass is 343 g/mol. The molecule has 0 aliphatic carbocycles. The van der Waals surface area contributed by atoms with Gasteiger partial charge in [0, 0.05) is 0 Å². The summed E-state index contributed by atoms with van der Waals surface area (Å²) in [7, 11) is 0. The van der Waals surface area contributed by atoms with Crippen LogP contribution in [0.1, 0.15) is 30.5 Å². The van der Waals surface area contributed by atoms with Crippen molar-refractivity contribution in [2.75, 3.05) is 18.5 Å². The molecule has 0 bridgehead atoms. The minimum atomic E-state index is -0.496. The van der Waals surface area contributed by atoms with Gasteiger partial charge >= 0.3 is 6.09 Å². The van der Waals surface area contributed by atoms with Gasteiger partial charge in [-0.1, -0.05) is 23.8 Å². The number of anilines is 1. The van der Waals surface area contributed by atoms with E-state index in [1.54, 1.807) is 13.0 Å². The molecule has 0 radical (unpaired) electrons. The van der Waals surface area contributed by atoms with Crippen LogP contribution in [0.5, 0.6) is 11.5 Å².